The van der Waals surface area contributed by atoms with Gasteiger partial charge in [-0.05, 0) is 54.4 Å². The van der Waals surface area contributed by atoms with Crippen LogP contribution in [0.2, 0.25) is 54.4 Å². The van der Waals surface area contributed by atoms with E-state index in [0.717, 1.165) is 16.0 Å². The van der Waals surface area contributed by atoms with Gasteiger partial charge >= 0.3 is 0 Å². The molecule has 0 aliphatic carbocycles. The van der Waals surface area contributed by atoms with Crippen LogP contribution in [0.1, 0.15) is 68.5 Å². The van der Waals surface area contributed by atoms with Gasteiger partial charge in [0.25, 0.3) is 0 Å². The van der Waals surface area contributed by atoms with E-state index in [2.05, 4.69) is 122 Å². The third kappa shape index (κ3) is 7.20. The third-order valence-corrected chi connectivity index (χ3v) is 25.0. The number of thiazole rings is 1. The lowest BCUT2D eigenvalue weighted by atomic mass is 10.1. The molecule has 2 N–H and O–H groups in total. The summed E-state index contributed by atoms with van der Waals surface area (Å²) in [5.41, 5.74) is 8.08. The summed E-state index contributed by atoms with van der Waals surface area (Å²) in [6, 6.07) is 0. The van der Waals surface area contributed by atoms with E-state index in [1.807, 2.05) is 5.38 Å². The number of aromatic nitrogens is 4. The molecule has 13 heteroatoms. The normalized spacial score (nSPS) is 22.5. The molecule has 1 saturated heterocycles. The van der Waals surface area contributed by atoms with E-state index in [1.54, 1.807) is 17.5 Å². The fraction of sp³-hybridized carbons (Fsp3) is 0.719. The van der Waals surface area contributed by atoms with Crippen LogP contribution in [0.15, 0.2) is 24.1 Å². The number of hydrogen-bond donors (Lipinski definition) is 1. The SMILES string of the molecule is CC(C)(C)[Si](C)(C)OC[C@H]1O[C@@H](n2cc(-c3nccs3)c3c(N)ncnc32)C(O[Si](C)(C)C(C)(C)C)C1O[Si](C)(C)C(C)(C)C. The van der Waals surface area contributed by atoms with E-state index in [0.29, 0.717) is 18.1 Å². The topological polar surface area (TPSA) is 107 Å². The van der Waals surface area contributed by atoms with Gasteiger partial charge in [-0.15, -0.1) is 11.3 Å². The van der Waals surface area contributed by atoms with E-state index >= 15 is 0 Å². The summed E-state index contributed by atoms with van der Waals surface area (Å²) in [5.74, 6) is 0.413. The number of nitrogens with zero attached hydrogens (tertiary/aromatic N) is 4. The largest absolute Gasteiger partial charge is 0.414 e. The van der Waals surface area contributed by atoms with Crippen molar-refractivity contribution in [1.82, 2.24) is 19.5 Å². The molecule has 0 amide bonds. The van der Waals surface area contributed by atoms with Gasteiger partial charge in [0.1, 0.15) is 41.1 Å². The van der Waals surface area contributed by atoms with Crippen molar-refractivity contribution >= 4 is 53.1 Å². The maximum absolute atomic E-state index is 7.37. The number of fused-ring (bicyclic) bond motifs is 1. The van der Waals surface area contributed by atoms with Gasteiger partial charge in [0.2, 0.25) is 0 Å². The van der Waals surface area contributed by atoms with E-state index in [-0.39, 0.29) is 27.3 Å². The Morgan fingerprint density at radius 1 is 0.822 bits per heavy atom. The lowest BCUT2D eigenvalue weighted by Crippen LogP contribution is -2.54. The first-order valence-electron chi connectivity index (χ1n) is 16.0. The molecule has 0 bridgehead atoms. The van der Waals surface area contributed by atoms with Crippen LogP contribution in [0.3, 0.4) is 0 Å². The van der Waals surface area contributed by atoms with Crippen LogP contribution < -0.4 is 5.73 Å². The summed E-state index contributed by atoms with van der Waals surface area (Å²) in [7, 11) is -6.67. The summed E-state index contributed by atoms with van der Waals surface area (Å²) in [5, 5.41) is 3.62. The second kappa shape index (κ2) is 12.2. The first-order chi connectivity index (χ1) is 20.4. The van der Waals surface area contributed by atoms with Gasteiger partial charge in [-0.2, -0.15) is 0 Å². The quantitative estimate of drug-likeness (QED) is 0.222. The Balaban J connectivity index is 1.91. The van der Waals surface area contributed by atoms with Gasteiger partial charge in [0.15, 0.2) is 31.2 Å². The molecule has 4 atom stereocenters. The van der Waals surface area contributed by atoms with Crippen LogP contribution in [0.5, 0.6) is 0 Å². The summed E-state index contributed by atoms with van der Waals surface area (Å²) in [6.07, 6.45) is 3.77. The van der Waals surface area contributed by atoms with Crippen LogP contribution in [-0.2, 0) is 18.0 Å². The van der Waals surface area contributed by atoms with Crippen LogP contribution in [-0.4, -0.2) is 69.4 Å². The molecule has 4 rings (SSSR count). The standard InChI is InChI=1S/C32H57N5O4SSi3/c1-30(2,3)43(10,11)38-19-22-24(40-44(12,13)31(4,5)6)25(41-45(14,15)32(7,8)9)29(39-22)37-18-21(28-34-16-17-42-28)23-26(33)35-20-36-27(23)37/h16-18,20,22,24-25,29H,19H2,1-15H3,(H2,33,35,36)/t22-,24?,25?,29-/m1/s1. The smallest absolute Gasteiger partial charge is 0.192 e. The zero-order chi connectivity index (χ0) is 34.0. The zero-order valence-corrected chi connectivity index (χ0v) is 34.0. The van der Waals surface area contributed by atoms with Gasteiger partial charge in [-0.25, -0.2) is 15.0 Å². The molecule has 1 aliphatic heterocycles. The van der Waals surface area contributed by atoms with Crippen LogP contribution >= 0.6 is 11.3 Å². The van der Waals surface area contributed by atoms with Crippen LogP contribution in [0.4, 0.5) is 5.82 Å². The summed E-state index contributed by atoms with van der Waals surface area (Å²) >= 11 is 1.56. The fourth-order valence-electron chi connectivity index (χ4n) is 4.70. The average Bonchev–Trinajstić information content (AvgIpc) is 3.60. The number of anilines is 1. The van der Waals surface area contributed by atoms with Crippen LogP contribution in [0.25, 0.3) is 21.6 Å². The number of rotatable bonds is 9. The molecule has 252 valence electrons. The second-order valence-corrected chi connectivity index (χ2v) is 32.3. The predicted molar refractivity (Wildman–Crippen MR) is 194 cm³/mol. The molecular formula is C32H57N5O4SSi3. The number of ether oxygens (including phenoxy) is 1. The molecule has 0 saturated carbocycles. The molecule has 0 spiro atoms. The summed E-state index contributed by atoms with van der Waals surface area (Å²) < 4.78 is 30.7. The van der Waals surface area contributed by atoms with Gasteiger partial charge in [-0.1, -0.05) is 62.3 Å². The monoisotopic (exact) mass is 691 g/mol. The highest BCUT2D eigenvalue weighted by atomic mass is 32.1. The first-order valence-corrected chi connectivity index (χ1v) is 25.6. The van der Waals surface area contributed by atoms with Crippen molar-refractivity contribution in [3.63, 3.8) is 0 Å². The van der Waals surface area contributed by atoms with E-state index in [1.165, 1.54) is 6.33 Å². The number of hydrogen-bond acceptors (Lipinski definition) is 9. The Morgan fingerprint density at radius 3 is 1.89 bits per heavy atom. The van der Waals surface area contributed by atoms with Crippen molar-refractivity contribution in [1.29, 1.82) is 0 Å². The van der Waals surface area contributed by atoms with Crippen molar-refractivity contribution in [2.75, 3.05) is 12.3 Å². The zero-order valence-electron chi connectivity index (χ0n) is 30.2. The minimum absolute atomic E-state index is 0.00270. The third-order valence-electron chi connectivity index (χ3n) is 10.7. The lowest BCUT2D eigenvalue weighted by Gasteiger charge is -2.44. The molecule has 3 aromatic rings. The molecular weight excluding hydrogens is 635 g/mol. The molecule has 1 fully saturated rings. The average molecular weight is 692 g/mol. The van der Waals surface area contributed by atoms with Gasteiger partial charge < -0.3 is 28.3 Å². The van der Waals surface area contributed by atoms with Crippen molar-refractivity contribution in [2.45, 2.75) is 141 Å². The second-order valence-electron chi connectivity index (χ2n) is 17.1. The molecule has 3 aromatic heterocycles. The van der Waals surface area contributed by atoms with Crippen molar-refractivity contribution in [2.24, 2.45) is 0 Å². The molecule has 4 heterocycles. The minimum atomic E-state index is -2.31. The van der Waals surface area contributed by atoms with E-state index < -0.39 is 37.3 Å². The summed E-state index contributed by atoms with van der Waals surface area (Å²) in [6.45, 7) is 34.6. The van der Waals surface area contributed by atoms with Crippen LogP contribution in [0, 0.1) is 0 Å². The van der Waals surface area contributed by atoms with Crippen molar-refractivity contribution < 1.29 is 18.0 Å². The highest BCUT2D eigenvalue weighted by Gasteiger charge is 2.55. The van der Waals surface area contributed by atoms with E-state index in [4.69, 9.17) is 28.7 Å². The number of nitrogen functional groups attached to an aromatic ring is 1. The Hall–Kier alpha value is -1.46. The molecule has 45 heavy (non-hydrogen) atoms. The molecule has 1 aliphatic rings. The Bertz CT molecular complexity index is 1470. The van der Waals surface area contributed by atoms with Gasteiger partial charge in [-0.3, -0.25) is 0 Å². The fourth-order valence-corrected chi connectivity index (χ4v) is 8.97. The molecule has 0 aromatic carbocycles. The Labute approximate surface area is 278 Å². The highest BCUT2D eigenvalue weighted by molar-refractivity contribution is 7.13. The Kier molecular flexibility index (Phi) is 9.87. The Morgan fingerprint density at radius 2 is 1.38 bits per heavy atom. The molecule has 9 nitrogen and oxygen atoms in total. The predicted octanol–water partition coefficient (Wildman–Crippen LogP) is 8.84. The minimum Gasteiger partial charge on any atom is -0.414 e. The number of nitrogens with two attached hydrogens (primary N) is 1. The highest BCUT2D eigenvalue weighted by Crippen LogP contribution is 2.48. The maximum Gasteiger partial charge on any atom is 0.192 e. The van der Waals surface area contributed by atoms with Gasteiger partial charge in [0.05, 0.1) is 12.0 Å². The summed E-state index contributed by atoms with van der Waals surface area (Å²) in [4.78, 5) is 13.7. The van der Waals surface area contributed by atoms with Crippen molar-refractivity contribution in [3.8, 4) is 10.6 Å². The van der Waals surface area contributed by atoms with E-state index in [9.17, 15) is 0 Å². The maximum atomic E-state index is 7.37. The molecule has 2 unspecified atom stereocenters. The molecule has 0 radical (unpaired) electrons. The van der Waals surface area contributed by atoms with Crippen molar-refractivity contribution in [3.05, 3.63) is 24.1 Å². The lowest BCUT2D eigenvalue weighted by molar-refractivity contribution is -0.0467. The first kappa shape index (κ1) is 36.4. The van der Waals surface area contributed by atoms with Gasteiger partial charge in [0, 0.05) is 23.3 Å².